The van der Waals surface area contributed by atoms with Crippen molar-refractivity contribution in [2.24, 2.45) is 4.99 Å². The van der Waals surface area contributed by atoms with Gasteiger partial charge in [0, 0.05) is 12.3 Å². The summed E-state index contributed by atoms with van der Waals surface area (Å²) < 4.78 is 0. The van der Waals surface area contributed by atoms with Crippen molar-refractivity contribution in [3.63, 3.8) is 0 Å². The third-order valence-electron chi connectivity index (χ3n) is 3.38. The maximum Gasteiger partial charge on any atom is 0.157 e. The number of halogens is 2. The summed E-state index contributed by atoms with van der Waals surface area (Å²) in [6.45, 7) is 9.31. The molecule has 1 N–H and O–H groups in total. The number of unbranched alkanes of at least 4 members (excludes halogenated alkanes) is 1. The summed E-state index contributed by atoms with van der Waals surface area (Å²) in [6, 6.07) is 0. The third-order valence-corrected chi connectivity index (χ3v) is 4.38. The van der Waals surface area contributed by atoms with Gasteiger partial charge in [0.05, 0.1) is 5.54 Å². The number of aliphatic imine (C=N–C) groups is 1. The van der Waals surface area contributed by atoms with Crippen LogP contribution in [0.2, 0.25) is 0 Å². The van der Waals surface area contributed by atoms with E-state index in [9.17, 15) is 0 Å². The minimum Gasteiger partial charge on any atom is -0.362 e. The van der Waals surface area contributed by atoms with E-state index >= 15 is 0 Å². The van der Waals surface area contributed by atoms with Gasteiger partial charge in [0.2, 0.25) is 0 Å². The van der Waals surface area contributed by atoms with E-state index in [-0.39, 0.29) is 30.4 Å². The number of nitrogens with zero attached hydrogens (tertiary/aromatic N) is 2. The van der Waals surface area contributed by atoms with Crippen molar-refractivity contribution in [3.05, 3.63) is 0 Å². The fourth-order valence-electron chi connectivity index (χ4n) is 2.34. The average molecular weight is 328 g/mol. The van der Waals surface area contributed by atoms with E-state index in [4.69, 9.17) is 0 Å². The molecule has 0 aliphatic carbocycles. The number of hydrogen-bond donors (Lipinski definition) is 1. The van der Waals surface area contributed by atoms with Gasteiger partial charge in [-0.2, -0.15) is 0 Å². The first kappa shape index (κ1) is 19.4. The molecule has 0 radical (unpaired) electrons. The molecule has 2 aliphatic heterocycles. The highest BCUT2D eigenvalue weighted by Crippen LogP contribution is 2.18. The minimum absolute atomic E-state index is 0. The Kier molecular flexibility index (Phi) is 9.50. The summed E-state index contributed by atoms with van der Waals surface area (Å²) >= 11 is 1.89. The Balaban J connectivity index is 0.00000162. The van der Waals surface area contributed by atoms with E-state index in [2.05, 4.69) is 29.1 Å². The van der Waals surface area contributed by atoms with E-state index in [1.54, 1.807) is 0 Å². The molecule has 0 bridgehead atoms. The molecule has 0 spiro atoms. The Bertz CT molecular complexity index is 279. The third kappa shape index (κ3) is 7.07. The molecule has 2 aliphatic rings. The molecular weight excluding hydrogens is 301 g/mol. The Labute approximate surface area is 134 Å². The molecule has 0 aromatic heterocycles. The highest BCUT2D eigenvalue weighted by Gasteiger charge is 2.23. The molecule has 19 heavy (non-hydrogen) atoms. The van der Waals surface area contributed by atoms with Crippen LogP contribution in [0.1, 0.15) is 39.5 Å². The highest BCUT2D eigenvalue weighted by atomic mass is 35.5. The van der Waals surface area contributed by atoms with Crippen LogP contribution in [0.4, 0.5) is 0 Å². The lowest BCUT2D eigenvalue weighted by Crippen LogP contribution is -2.25. The second kappa shape index (κ2) is 9.32. The van der Waals surface area contributed by atoms with Gasteiger partial charge in [-0.3, -0.25) is 4.99 Å². The lowest BCUT2D eigenvalue weighted by Gasteiger charge is -2.13. The van der Waals surface area contributed by atoms with Gasteiger partial charge in [0.15, 0.2) is 5.17 Å². The van der Waals surface area contributed by atoms with Crippen molar-refractivity contribution in [1.29, 1.82) is 0 Å². The number of rotatable bonds is 5. The normalized spacial score (nSPS) is 21.3. The molecule has 1 saturated heterocycles. The van der Waals surface area contributed by atoms with E-state index in [0.717, 1.165) is 11.7 Å². The Morgan fingerprint density at radius 1 is 1.21 bits per heavy atom. The van der Waals surface area contributed by atoms with Gasteiger partial charge >= 0.3 is 0 Å². The molecule has 0 amide bonds. The molecular formula is C13H27Cl2N3S. The number of nitrogens with one attached hydrogen (secondary N) is 1. The minimum atomic E-state index is 0. The summed E-state index contributed by atoms with van der Waals surface area (Å²) in [5.41, 5.74) is 0.109. The number of likely N-dealkylation sites (tertiary alicyclic amines) is 1. The SMILES string of the molecule is CC1(C)CNC(SCCCCN2CCCC2)=N1.Cl.Cl. The van der Waals surface area contributed by atoms with E-state index in [1.807, 2.05) is 11.8 Å². The average Bonchev–Trinajstić information content (AvgIpc) is 2.88. The highest BCUT2D eigenvalue weighted by molar-refractivity contribution is 8.13. The fourth-order valence-corrected chi connectivity index (χ4v) is 3.37. The second-order valence-electron chi connectivity index (χ2n) is 5.69. The van der Waals surface area contributed by atoms with Crippen molar-refractivity contribution in [1.82, 2.24) is 10.2 Å². The largest absolute Gasteiger partial charge is 0.362 e. The van der Waals surface area contributed by atoms with E-state index in [1.165, 1.54) is 51.1 Å². The first-order valence-corrected chi connectivity index (χ1v) is 7.83. The van der Waals surface area contributed by atoms with Crippen LogP contribution in [-0.2, 0) is 0 Å². The van der Waals surface area contributed by atoms with Crippen LogP contribution in [-0.4, -0.2) is 47.5 Å². The zero-order valence-electron chi connectivity index (χ0n) is 12.0. The molecule has 2 heterocycles. The number of hydrogen-bond acceptors (Lipinski definition) is 4. The summed E-state index contributed by atoms with van der Waals surface area (Å²) in [6.07, 6.45) is 5.46. The van der Waals surface area contributed by atoms with Gasteiger partial charge in [-0.25, -0.2) is 0 Å². The predicted octanol–water partition coefficient (Wildman–Crippen LogP) is 3.18. The number of amidine groups is 1. The van der Waals surface area contributed by atoms with Gasteiger partial charge in [0.25, 0.3) is 0 Å². The van der Waals surface area contributed by atoms with Crippen LogP contribution in [0, 0.1) is 0 Å². The maximum atomic E-state index is 4.65. The van der Waals surface area contributed by atoms with Crippen molar-refractivity contribution >= 4 is 41.7 Å². The zero-order chi connectivity index (χ0) is 12.1. The topological polar surface area (TPSA) is 27.6 Å². The quantitative estimate of drug-likeness (QED) is 0.786. The first-order valence-electron chi connectivity index (χ1n) is 6.85. The Morgan fingerprint density at radius 3 is 2.47 bits per heavy atom. The molecule has 2 rings (SSSR count). The van der Waals surface area contributed by atoms with Gasteiger partial charge in [-0.05, 0) is 59.2 Å². The Morgan fingerprint density at radius 2 is 1.89 bits per heavy atom. The van der Waals surface area contributed by atoms with Gasteiger partial charge in [-0.15, -0.1) is 24.8 Å². The molecule has 114 valence electrons. The van der Waals surface area contributed by atoms with Gasteiger partial charge in [-0.1, -0.05) is 11.8 Å². The van der Waals surface area contributed by atoms with Crippen molar-refractivity contribution in [2.45, 2.75) is 45.1 Å². The van der Waals surface area contributed by atoms with Crippen LogP contribution in [0.3, 0.4) is 0 Å². The second-order valence-corrected chi connectivity index (χ2v) is 6.77. The number of thioether (sulfide) groups is 1. The zero-order valence-corrected chi connectivity index (χ0v) is 14.4. The molecule has 0 saturated carbocycles. The fraction of sp³-hybridized carbons (Fsp3) is 0.923. The standard InChI is InChI=1S/C13H25N3S.2ClH/c1-13(2)11-14-12(15-13)17-10-6-5-9-16-7-3-4-8-16;;/h3-11H2,1-2H3,(H,14,15);2*1H. The molecule has 0 aromatic carbocycles. The molecule has 0 unspecified atom stereocenters. The van der Waals surface area contributed by atoms with Crippen LogP contribution >= 0.6 is 36.6 Å². The van der Waals surface area contributed by atoms with Gasteiger partial charge in [0.1, 0.15) is 0 Å². The Hall–Kier alpha value is 0.360. The predicted molar refractivity (Wildman–Crippen MR) is 91.4 cm³/mol. The smallest absolute Gasteiger partial charge is 0.157 e. The van der Waals surface area contributed by atoms with Crippen molar-refractivity contribution in [3.8, 4) is 0 Å². The van der Waals surface area contributed by atoms with Crippen molar-refractivity contribution < 1.29 is 0 Å². The van der Waals surface area contributed by atoms with E-state index < -0.39 is 0 Å². The van der Waals surface area contributed by atoms with Crippen LogP contribution < -0.4 is 5.32 Å². The summed E-state index contributed by atoms with van der Waals surface area (Å²) in [5.74, 6) is 1.20. The summed E-state index contributed by atoms with van der Waals surface area (Å²) in [7, 11) is 0. The van der Waals surface area contributed by atoms with Gasteiger partial charge < -0.3 is 10.2 Å². The van der Waals surface area contributed by atoms with E-state index in [0.29, 0.717) is 0 Å². The first-order chi connectivity index (χ1) is 8.16. The lowest BCUT2D eigenvalue weighted by atomic mass is 10.1. The molecule has 0 atom stereocenters. The summed E-state index contributed by atoms with van der Waals surface area (Å²) in [5, 5.41) is 4.53. The molecule has 0 aromatic rings. The molecule has 3 nitrogen and oxygen atoms in total. The lowest BCUT2D eigenvalue weighted by molar-refractivity contribution is 0.333. The van der Waals surface area contributed by atoms with Crippen LogP contribution in [0.15, 0.2) is 4.99 Å². The molecule has 6 heteroatoms. The van der Waals surface area contributed by atoms with Crippen molar-refractivity contribution in [2.75, 3.05) is 31.9 Å². The summed E-state index contributed by atoms with van der Waals surface area (Å²) in [4.78, 5) is 7.25. The maximum absolute atomic E-state index is 4.65. The molecule has 1 fully saturated rings. The van der Waals surface area contributed by atoms with Crippen LogP contribution in [0.25, 0.3) is 0 Å². The monoisotopic (exact) mass is 327 g/mol. The van der Waals surface area contributed by atoms with Crippen LogP contribution in [0.5, 0.6) is 0 Å².